The van der Waals surface area contributed by atoms with E-state index in [1.165, 1.54) is 39.2 Å². The number of hydrogen-bond donors (Lipinski definition) is 0. The number of methoxy groups -OCH3 is 1. The fourth-order valence-corrected chi connectivity index (χ4v) is 1.23. The highest BCUT2D eigenvalue weighted by atomic mass is 16.7. The van der Waals surface area contributed by atoms with E-state index in [9.17, 15) is 4.79 Å². The van der Waals surface area contributed by atoms with Crippen molar-refractivity contribution >= 4 is 6.16 Å². The highest BCUT2D eigenvalue weighted by Crippen LogP contribution is 2.05. The molecule has 88 valence electrons. The van der Waals surface area contributed by atoms with E-state index in [0.29, 0.717) is 6.61 Å². The summed E-state index contributed by atoms with van der Waals surface area (Å²) < 4.78 is 9.02. The first-order valence-corrected chi connectivity index (χ1v) is 5.67. The van der Waals surface area contributed by atoms with Crippen LogP contribution < -0.4 is 0 Å². The van der Waals surface area contributed by atoms with Crippen LogP contribution in [0.4, 0.5) is 4.79 Å². The second kappa shape index (κ2) is 11.1. The standard InChI is InChI=1S/C12H22O3/c1-3-4-5-6-7-8-9-10-11-15-12(13)14-2/h9-10H,3-8,11H2,1-2H3/b10-9+. The van der Waals surface area contributed by atoms with Crippen molar-refractivity contribution in [2.75, 3.05) is 13.7 Å². The van der Waals surface area contributed by atoms with E-state index in [0.717, 1.165) is 6.42 Å². The number of unbranched alkanes of at least 4 members (excludes halogenated alkanes) is 5. The summed E-state index contributed by atoms with van der Waals surface area (Å²) in [5.74, 6) is 0. The van der Waals surface area contributed by atoms with Crippen molar-refractivity contribution in [2.24, 2.45) is 0 Å². The molecule has 0 atom stereocenters. The van der Waals surface area contributed by atoms with E-state index in [2.05, 4.69) is 22.5 Å². The molecule has 0 heterocycles. The maximum absolute atomic E-state index is 10.5. The normalized spacial score (nSPS) is 10.5. The maximum Gasteiger partial charge on any atom is 0.508 e. The maximum atomic E-state index is 10.5. The van der Waals surface area contributed by atoms with E-state index < -0.39 is 6.16 Å². The Kier molecular flexibility index (Phi) is 10.4. The van der Waals surface area contributed by atoms with Gasteiger partial charge in [-0.3, -0.25) is 0 Å². The van der Waals surface area contributed by atoms with E-state index in [1.54, 1.807) is 0 Å². The first kappa shape index (κ1) is 14.0. The Balaban J connectivity index is 3.14. The summed E-state index contributed by atoms with van der Waals surface area (Å²) in [6.45, 7) is 2.52. The third-order valence-corrected chi connectivity index (χ3v) is 2.11. The van der Waals surface area contributed by atoms with Crippen molar-refractivity contribution in [1.29, 1.82) is 0 Å². The lowest BCUT2D eigenvalue weighted by Crippen LogP contribution is -2.03. The fraction of sp³-hybridized carbons (Fsp3) is 0.750. The molecule has 0 aliphatic rings. The number of rotatable bonds is 8. The summed E-state index contributed by atoms with van der Waals surface area (Å²) >= 11 is 0. The Morgan fingerprint density at radius 3 is 2.53 bits per heavy atom. The molecule has 0 aromatic heterocycles. The lowest BCUT2D eigenvalue weighted by atomic mass is 10.1. The predicted octanol–water partition coefficient (Wildman–Crippen LogP) is 3.69. The van der Waals surface area contributed by atoms with Gasteiger partial charge in [0.15, 0.2) is 0 Å². The third kappa shape index (κ3) is 10.9. The minimum Gasteiger partial charge on any atom is -0.438 e. The van der Waals surface area contributed by atoms with Gasteiger partial charge < -0.3 is 9.47 Å². The van der Waals surface area contributed by atoms with Crippen LogP contribution in [0.5, 0.6) is 0 Å². The van der Waals surface area contributed by atoms with Crippen molar-refractivity contribution in [2.45, 2.75) is 45.4 Å². The van der Waals surface area contributed by atoms with Crippen LogP contribution in [0, 0.1) is 0 Å². The second-order valence-corrected chi connectivity index (χ2v) is 3.44. The average Bonchev–Trinajstić information content (AvgIpc) is 2.26. The molecule has 0 saturated heterocycles. The quantitative estimate of drug-likeness (QED) is 0.351. The van der Waals surface area contributed by atoms with E-state index in [-0.39, 0.29) is 0 Å². The van der Waals surface area contributed by atoms with Gasteiger partial charge in [0.2, 0.25) is 0 Å². The van der Waals surface area contributed by atoms with Gasteiger partial charge in [0, 0.05) is 0 Å². The molecule has 0 amide bonds. The Morgan fingerprint density at radius 2 is 1.87 bits per heavy atom. The molecule has 0 aliphatic carbocycles. The zero-order chi connectivity index (χ0) is 11.4. The number of hydrogen-bond acceptors (Lipinski definition) is 3. The minimum absolute atomic E-state index is 0.307. The van der Waals surface area contributed by atoms with Crippen LogP contribution >= 0.6 is 0 Å². The molecular weight excluding hydrogens is 192 g/mol. The smallest absolute Gasteiger partial charge is 0.438 e. The second-order valence-electron chi connectivity index (χ2n) is 3.44. The van der Waals surface area contributed by atoms with Crippen molar-refractivity contribution < 1.29 is 14.3 Å². The van der Waals surface area contributed by atoms with E-state index in [4.69, 9.17) is 0 Å². The summed E-state index contributed by atoms with van der Waals surface area (Å²) in [7, 11) is 1.31. The third-order valence-electron chi connectivity index (χ3n) is 2.11. The van der Waals surface area contributed by atoms with Crippen molar-refractivity contribution in [3.05, 3.63) is 12.2 Å². The topological polar surface area (TPSA) is 35.5 Å². The zero-order valence-electron chi connectivity index (χ0n) is 9.83. The van der Waals surface area contributed by atoms with E-state index >= 15 is 0 Å². The van der Waals surface area contributed by atoms with Crippen LogP contribution in [0.3, 0.4) is 0 Å². The zero-order valence-corrected chi connectivity index (χ0v) is 9.83. The van der Waals surface area contributed by atoms with Gasteiger partial charge in [-0.05, 0) is 12.8 Å². The molecular formula is C12H22O3. The molecule has 3 heteroatoms. The summed E-state index contributed by atoms with van der Waals surface area (Å²) in [6.07, 6.45) is 10.8. The molecule has 0 aromatic carbocycles. The van der Waals surface area contributed by atoms with Crippen LogP contribution in [0.2, 0.25) is 0 Å². The first-order chi connectivity index (χ1) is 7.31. The van der Waals surface area contributed by atoms with Gasteiger partial charge in [-0.2, -0.15) is 0 Å². The number of allylic oxidation sites excluding steroid dienone is 1. The van der Waals surface area contributed by atoms with Crippen molar-refractivity contribution in [1.82, 2.24) is 0 Å². The Labute approximate surface area is 92.5 Å². The van der Waals surface area contributed by atoms with Gasteiger partial charge in [0.05, 0.1) is 7.11 Å². The van der Waals surface area contributed by atoms with Crippen LogP contribution in [0.25, 0.3) is 0 Å². The molecule has 0 bridgehead atoms. The molecule has 0 N–H and O–H groups in total. The van der Waals surface area contributed by atoms with Crippen molar-refractivity contribution in [3.8, 4) is 0 Å². The van der Waals surface area contributed by atoms with Gasteiger partial charge in [0.25, 0.3) is 0 Å². The Morgan fingerprint density at radius 1 is 1.13 bits per heavy atom. The molecule has 0 radical (unpaired) electrons. The molecule has 0 rings (SSSR count). The van der Waals surface area contributed by atoms with Crippen LogP contribution in [0.1, 0.15) is 45.4 Å². The summed E-state index contributed by atoms with van der Waals surface area (Å²) in [4.78, 5) is 10.5. The lowest BCUT2D eigenvalue weighted by molar-refractivity contribution is 0.0817. The highest BCUT2D eigenvalue weighted by molar-refractivity contribution is 5.59. The SMILES string of the molecule is CCCCCCC/C=C/COC(=O)OC. The van der Waals surface area contributed by atoms with Crippen LogP contribution in [-0.2, 0) is 9.47 Å². The summed E-state index contributed by atoms with van der Waals surface area (Å²) in [5, 5.41) is 0. The number of carbonyl (C=O) groups excluding carboxylic acids is 1. The molecule has 0 aliphatic heterocycles. The minimum atomic E-state index is -0.623. The Hall–Kier alpha value is -0.990. The first-order valence-electron chi connectivity index (χ1n) is 5.67. The van der Waals surface area contributed by atoms with Gasteiger partial charge in [0.1, 0.15) is 6.61 Å². The van der Waals surface area contributed by atoms with Gasteiger partial charge in [-0.25, -0.2) is 4.79 Å². The molecule has 15 heavy (non-hydrogen) atoms. The average molecular weight is 214 g/mol. The summed E-state index contributed by atoms with van der Waals surface area (Å²) in [6, 6.07) is 0. The van der Waals surface area contributed by atoms with Gasteiger partial charge in [-0.1, -0.05) is 44.8 Å². The number of ether oxygens (including phenoxy) is 2. The van der Waals surface area contributed by atoms with Gasteiger partial charge in [-0.15, -0.1) is 0 Å². The molecule has 0 fully saturated rings. The van der Waals surface area contributed by atoms with Gasteiger partial charge >= 0.3 is 6.16 Å². The predicted molar refractivity (Wildman–Crippen MR) is 60.9 cm³/mol. The largest absolute Gasteiger partial charge is 0.508 e. The number of carbonyl (C=O) groups is 1. The monoisotopic (exact) mass is 214 g/mol. The molecule has 3 nitrogen and oxygen atoms in total. The van der Waals surface area contributed by atoms with Crippen molar-refractivity contribution in [3.63, 3.8) is 0 Å². The van der Waals surface area contributed by atoms with E-state index in [1.807, 2.05) is 6.08 Å². The lowest BCUT2D eigenvalue weighted by Gasteiger charge is -1.98. The fourth-order valence-electron chi connectivity index (χ4n) is 1.23. The molecule has 0 spiro atoms. The van der Waals surface area contributed by atoms with Crippen LogP contribution in [-0.4, -0.2) is 19.9 Å². The highest BCUT2D eigenvalue weighted by Gasteiger charge is 1.95. The molecule has 0 saturated carbocycles. The summed E-state index contributed by atoms with van der Waals surface area (Å²) in [5.41, 5.74) is 0. The van der Waals surface area contributed by atoms with Crippen LogP contribution in [0.15, 0.2) is 12.2 Å². The Bertz CT molecular complexity index is 176. The molecule has 0 unspecified atom stereocenters. The molecule has 0 aromatic rings.